The summed E-state index contributed by atoms with van der Waals surface area (Å²) in [6.07, 6.45) is 1.20. The number of aromatic nitrogens is 1. The SMILES string of the molecule is CCOC(=O)C(C)Oc1cccc(S(=O)(=O)CCCn2cc(C(c3ccccc3)c3ccccc3)ccc2=O)c1. The fourth-order valence-electron chi connectivity index (χ4n) is 4.56. The number of ether oxygens (including phenoxy) is 2. The van der Waals surface area contributed by atoms with Crippen LogP contribution in [0.3, 0.4) is 0 Å². The van der Waals surface area contributed by atoms with Crippen LogP contribution in [0.4, 0.5) is 0 Å². The smallest absolute Gasteiger partial charge is 0.347 e. The van der Waals surface area contributed by atoms with Gasteiger partial charge in [0, 0.05) is 24.7 Å². The van der Waals surface area contributed by atoms with Gasteiger partial charge >= 0.3 is 5.97 Å². The van der Waals surface area contributed by atoms with E-state index in [2.05, 4.69) is 24.3 Å². The lowest BCUT2D eigenvalue weighted by Gasteiger charge is -2.20. The van der Waals surface area contributed by atoms with E-state index in [-0.39, 0.29) is 47.4 Å². The van der Waals surface area contributed by atoms with Crippen molar-refractivity contribution in [2.45, 2.75) is 43.7 Å². The molecule has 4 aromatic rings. The van der Waals surface area contributed by atoms with Crippen LogP contribution in [-0.2, 0) is 25.9 Å². The van der Waals surface area contributed by atoms with Crippen LogP contribution in [0.5, 0.6) is 5.75 Å². The van der Waals surface area contributed by atoms with Crippen molar-refractivity contribution in [3.05, 3.63) is 130 Å². The van der Waals surface area contributed by atoms with Crippen molar-refractivity contribution in [2.24, 2.45) is 0 Å². The number of carbonyl (C=O) groups is 1. The summed E-state index contributed by atoms with van der Waals surface area (Å²) >= 11 is 0. The van der Waals surface area contributed by atoms with Crippen LogP contribution in [0.1, 0.15) is 42.9 Å². The Kier molecular flexibility index (Phi) is 9.56. The minimum atomic E-state index is -3.66. The first-order valence-electron chi connectivity index (χ1n) is 13.2. The van der Waals surface area contributed by atoms with Gasteiger partial charge in [0.25, 0.3) is 5.56 Å². The van der Waals surface area contributed by atoms with Crippen LogP contribution in [0.2, 0.25) is 0 Å². The topological polar surface area (TPSA) is 91.7 Å². The lowest BCUT2D eigenvalue weighted by atomic mass is 9.86. The zero-order valence-electron chi connectivity index (χ0n) is 22.6. The summed E-state index contributed by atoms with van der Waals surface area (Å²) in [6, 6.07) is 29.6. The summed E-state index contributed by atoms with van der Waals surface area (Å²) in [5.41, 5.74) is 2.95. The maximum absolute atomic E-state index is 13.1. The van der Waals surface area contributed by atoms with Gasteiger partial charge in [-0.1, -0.05) is 72.8 Å². The van der Waals surface area contributed by atoms with E-state index in [1.54, 1.807) is 30.5 Å². The Morgan fingerprint density at radius 3 is 2.12 bits per heavy atom. The van der Waals surface area contributed by atoms with E-state index in [1.807, 2.05) is 48.7 Å². The number of pyridine rings is 1. The fraction of sp³-hybridized carbons (Fsp3) is 0.250. The van der Waals surface area contributed by atoms with Crippen molar-refractivity contribution in [2.75, 3.05) is 12.4 Å². The van der Waals surface area contributed by atoms with Gasteiger partial charge in [0.05, 0.1) is 17.3 Å². The van der Waals surface area contributed by atoms with Crippen LogP contribution in [0.25, 0.3) is 0 Å². The molecule has 0 saturated carbocycles. The Balaban J connectivity index is 1.49. The molecule has 0 aliphatic carbocycles. The normalized spacial score (nSPS) is 12.2. The Bertz CT molecular complexity index is 1540. The monoisotopic (exact) mass is 559 g/mol. The first-order valence-corrected chi connectivity index (χ1v) is 14.9. The molecule has 0 saturated heterocycles. The van der Waals surface area contributed by atoms with Crippen molar-refractivity contribution in [3.63, 3.8) is 0 Å². The van der Waals surface area contributed by atoms with Gasteiger partial charge in [-0.3, -0.25) is 4.79 Å². The van der Waals surface area contributed by atoms with E-state index in [4.69, 9.17) is 9.47 Å². The third kappa shape index (κ3) is 7.27. The highest BCUT2D eigenvalue weighted by atomic mass is 32.2. The molecule has 7 nitrogen and oxygen atoms in total. The standard InChI is InChI=1S/C32H33NO6S/c1-3-38-32(35)24(2)39-28-16-10-17-29(22-28)40(36,37)21-11-20-33-23-27(18-19-30(33)34)31(25-12-6-4-7-13-25)26-14-8-5-9-15-26/h4-10,12-19,22-24,31H,3,11,20-21H2,1-2H3. The Hall–Kier alpha value is -4.17. The molecular weight excluding hydrogens is 526 g/mol. The van der Waals surface area contributed by atoms with Crippen LogP contribution >= 0.6 is 0 Å². The molecule has 3 aromatic carbocycles. The van der Waals surface area contributed by atoms with Crippen LogP contribution in [0.15, 0.2) is 113 Å². The molecule has 0 radical (unpaired) electrons. The largest absolute Gasteiger partial charge is 0.479 e. The lowest BCUT2D eigenvalue weighted by molar-refractivity contribution is -0.150. The Morgan fingerprint density at radius 1 is 0.850 bits per heavy atom. The number of nitrogens with zero attached hydrogens (tertiary/aromatic N) is 1. The van der Waals surface area contributed by atoms with Gasteiger partial charge in [-0.05, 0) is 55.2 Å². The van der Waals surface area contributed by atoms with Gasteiger partial charge < -0.3 is 14.0 Å². The van der Waals surface area contributed by atoms with Crippen LogP contribution < -0.4 is 10.3 Å². The molecular formula is C32H33NO6S. The molecule has 0 bridgehead atoms. The van der Waals surface area contributed by atoms with Crippen molar-refractivity contribution in [1.29, 1.82) is 0 Å². The minimum absolute atomic E-state index is 0.0716. The molecule has 0 amide bonds. The highest BCUT2D eigenvalue weighted by molar-refractivity contribution is 7.91. The summed E-state index contributed by atoms with van der Waals surface area (Å²) in [5.74, 6) is -0.484. The summed E-state index contributed by atoms with van der Waals surface area (Å²) in [7, 11) is -3.66. The summed E-state index contributed by atoms with van der Waals surface area (Å²) in [5, 5.41) is 0. The van der Waals surface area contributed by atoms with E-state index in [0.29, 0.717) is 0 Å². The van der Waals surface area contributed by atoms with E-state index in [0.717, 1.165) is 16.7 Å². The number of rotatable bonds is 12. The van der Waals surface area contributed by atoms with E-state index in [1.165, 1.54) is 18.2 Å². The van der Waals surface area contributed by atoms with Gasteiger partial charge in [-0.15, -0.1) is 0 Å². The summed E-state index contributed by atoms with van der Waals surface area (Å²) in [6.45, 7) is 3.72. The molecule has 0 spiro atoms. The van der Waals surface area contributed by atoms with Crippen molar-refractivity contribution in [1.82, 2.24) is 4.57 Å². The molecule has 0 aliphatic rings. The first-order chi connectivity index (χ1) is 19.3. The molecule has 0 aliphatic heterocycles. The summed E-state index contributed by atoms with van der Waals surface area (Å²) in [4.78, 5) is 24.7. The predicted molar refractivity (Wildman–Crippen MR) is 154 cm³/mol. The quantitative estimate of drug-likeness (QED) is 0.221. The van der Waals surface area contributed by atoms with Crippen LogP contribution in [-0.4, -0.2) is 37.4 Å². The van der Waals surface area contributed by atoms with Gasteiger partial charge in [-0.2, -0.15) is 0 Å². The molecule has 4 rings (SSSR count). The molecule has 1 heterocycles. The molecule has 1 atom stereocenters. The number of hydrogen-bond acceptors (Lipinski definition) is 6. The zero-order valence-corrected chi connectivity index (χ0v) is 23.4. The van der Waals surface area contributed by atoms with E-state index < -0.39 is 21.9 Å². The number of benzene rings is 3. The third-order valence-electron chi connectivity index (χ3n) is 6.51. The molecule has 0 fully saturated rings. The maximum atomic E-state index is 13.1. The second-order valence-electron chi connectivity index (χ2n) is 9.41. The van der Waals surface area contributed by atoms with Crippen molar-refractivity contribution < 1.29 is 22.7 Å². The minimum Gasteiger partial charge on any atom is -0.479 e. The average molecular weight is 560 g/mol. The van der Waals surface area contributed by atoms with Gasteiger partial charge in [-0.25, -0.2) is 13.2 Å². The summed E-state index contributed by atoms with van der Waals surface area (Å²) < 4.78 is 38.3. The molecule has 1 unspecified atom stereocenters. The number of carbonyl (C=O) groups excluding carboxylic acids is 1. The number of esters is 1. The maximum Gasteiger partial charge on any atom is 0.347 e. The number of sulfone groups is 1. The number of hydrogen-bond donors (Lipinski definition) is 0. The lowest BCUT2D eigenvalue weighted by Crippen LogP contribution is -2.26. The van der Waals surface area contributed by atoms with Crippen molar-refractivity contribution >= 4 is 15.8 Å². The molecule has 1 aromatic heterocycles. The van der Waals surface area contributed by atoms with Gasteiger partial charge in [0.1, 0.15) is 5.75 Å². The van der Waals surface area contributed by atoms with Crippen molar-refractivity contribution in [3.8, 4) is 5.75 Å². The fourth-order valence-corrected chi connectivity index (χ4v) is 5.89. The molecule has 208 valence electrons. The highest BCUT2D eigenvalue weighted by Gasteiger charge is 2.20. The predicted octanol–water partition coefficient (Wildman–Crippen LogP) is 5.22. The molecule has 0 N–H and O–H groups in total. The first kappa shape index (κ1) is 28.8. The Labute approximate surface area is 234 Å². The third-order valence-corrected chi connectivity index (χ3v) is 8.31. The second kappa shape index (κ2) is 13.3. The van der Waals surface area contributed by atoms with E-state index >= 15 is 0 Å². The highest BCUT2D eigenvalue weighted by Crippen LogP contribution is 2.31. The zero-order chi connectivity index (χ0) is 28.5. The average Bonchev–Trinajstić information content (AvgIpc) is 2.96. The van der Waals surface area contributed by atoms with Gasteiger partial charge in [0.15, 0.2) is 15.9 Å². The van der Waals surface area contributed by atoms with Crippen LogP contribution in [0, 0.1) is 0 Å². The molecule has 8 heteroatoms. The molecule has 40 heavy (non-hydrogen) atoms. The second-order valence-corrected chi connectivity index (χ2v) is 11.5. The van der Waals surface area contributed by atoms with Gasteiger partial charge in [0.2, 0.25) is 0 Å². The van der Waals surface area contributed by atoms with E-state index in [9.17, 15) is 18.0 Å². The number of aryl methyl sites for hydroxylation is 1. The Morgan fingerprint density at radius 2 is 1.50 bits per heavy atom.